The van der Waals surface area contributed by atoms with Crippen LogP contribution in [0.25, 0.3) is 0 Å². The van der Waals surface area contributed by atoms with Gasteiger partial charge in [0.25, 0.3) is 0 Å². The van der Waals surface area contributed by atoms with Crippen LogP contribution in [-0.4, -0.2) is 29.0 Å². The van der Waals surface area contributed by atoms with Gasteiger partial charge in [-0.3, -0.25) is 19.2 Å². The molecule has 0 aromatic heterocycles. The molecule has 1 spiro atoms. The lowest BCUT2D eigenvalue weighted by Crippen LogP contribution is -2.51. The molecule has 202 valence electrons. The van der Waals surface area contributed by atoms with Gasteiger partial charge < -0.3 is 9.47 Å². The van der Waals surface area contributed by atoms with Gasteiger partial charge in [-0.1, -0.05) is 59.6 Å². The van der Waals surface area contributed by atoms with Crippen molar-refractivity contribution in [2.24, 2.45) is 11.8 Å². The number of Topliss-reactive ketones (excluding diaryl/α,β-unsaturated/α-hetero) is 2. The standard InChI is InChI=1S/C32H19Cl2NO6/c33-18-7-5-17(6-8-18)27-25-26(32(41-27)28(36)23-3-1-2-4-24(23)29(32)37)31(39)35(30(25)38)20-11-15-22(16-12-20)40-21-13-9-19(34)10-14-21/h1-16,25-27H/t25-,26+,27+/m0/s1. The maximum atomic E-state index is 14.1. The van der Waals surface area contributed by atoms with Crippen molar-refractivity contribution >= 4 is 52.3 Å². The number of hydrogen-bond donors (Lipinski definition) is 0. The van der Waals surface area contributed by atoms with Crippen molar-refractivity contribution in [2.75, 3.05) is 4.90 Å². The largest absolute Gasteiger partial charge is 0.457 e. The number of anilines is 1. The molecule has 4 aromatic rings. The third-order valence-electron chi connectivity index (χ3n) is 7.86. The summed E-state index contributed by atoms with van der Waals surface area (Å²) < 4.78 is 12.1. The maximum Gasteiger partial charge on any atom is 0.241 e. The molecule has 1 aliphatic carbocycles. The number of ether oxygens (including phenoxy) is 2. The molecule has 2 saturated heterocycles. The van der Waals surface area contributed by atoms with Crippen molar-refractivity contribution in [3.63, 3.8) is 0 Å². The summed E-state index contributed by atoms with van der Waals surface area (Å²) in [6.45, 7) is 0. The number of benzene rings is 4. The molecule has 2 aliphatic heterocycles. The highest BCUT2D eigenvalue weighted by Crippen LogP contribution is 2.57. The van der Waals surface area contributed by atoms with Crippen molar-refractivity contribution in [3.8, 4) is 11.5 Å². The summed E-state index contributed by atoms with van der Waals surface area (Å²) in [4.78, 5) is 56.9. The van der Waals surface area contributed by atoms with Crippen LogP contribution in [0, 0.1) is 11.8 Å². The van der Waals surface area contributed by atoms with Gasteiger partial charge in [0, 0.05) is 21.2 Å². The number of fused-ring (bicyclic) bond motifs is 3. The highest BCUT2D eigenvalue weighted by atomic mass is 35.5. The Morgan fingerprint density at radius 2 is 1.17 bits per heavy atom. The number of hydrogen-bond acceptors (Lipinski definition) is 6. The second-order valence-corrected chi connectivity index (χ2v) is 11.0. The number of imide groups is 1. The van der Waals surface area contributed by atoms with E-state index < -0.39 is 46.9 Å². The molecule has 2 fully saturated rings. The summed E-state index contributed by atoms with van der Waals surface area (Å²) in [5, 5.41) is 1.04. The van der Waals surface area contributed by atoms with Crippen LogP contribution < -0.4 is 9.64 Å². The molecule has 0 unspecified atom stereocenters. The van der Waals surface area contributed by atoms with Crippen molar-refractivity contribution < 1.29 is 28.7 Å². The first-order chi connectivity index (χ1) is 19.8. The van der Waals surface area contributed by atoms with E-state index in [1.807, 2.05) is 0 Å². The molecule has 9 heteroatoms. The fourth-order valence-corrected chi connectivity index (χ4v) is 6.28. The molecule has 7 nitrogen and oxygen atoms in total. The number of carbonyl (C=O) groups excluding carboxylic acids is 4. The van der Waals surface area contributed by atoms with Gasteiger partial charge in [-0.15, -0.1) is 0 Å². The lowest BCUT2D eigenvalue weighted by Gasteiger charge is -2.27. The van der Waals surface area contributed by atoms with Crippen LogP contribution in [0.15, 0.2) is 97.1 Å². The van der Waals surface area contributed by atoms with Crippen molar-refractivity contribution in [3.05, 3.63) is 124 Å². The second-order valence-electron chi connectivity index (χ2n) is 10.1. The van der Waals surface area contributed by atoms with E-state index in [-0.39, 0.29) is 11.1 Å². The fraction of sp³-hybridized carbons (Fsp3) is 0.125. The first-order valence-corrected chi connectivity index (χ1v) is 13.6. The number of carbonyl (C=O) groups is 4. The first-order valence-electron chi connectivity index (χ1n) is 12.8. The van der Waals surface area contributed by atoms with E-state index in [4.69, 9.17) is 32.7 Å². The number of halogens is 2. The van der Waals surface area contributed by atoms with E-state index >= 15 is 0 Å². The van der Waals surface area contributed by atoms with Crippen LogP contribution in [0.2, 0.25) is 10.0 Å². The summed E-state index contributed by atoms with van der Waals surface area (Å²) in [5.74, 6) is -3.85. The summed E-state index contributed by atoms with van der Waals surface area (Å²) in [7, 11) is 0. The lowest BCUT2D eigenvalue weighted by atomic mass is 9.77. The molecule has 0 saturated carbocycles. The molecule has 2 amide bonds. The molecule has 0 N–H and O–H groups in total. The van der Waals surface area contributed by atoms with Crippen LogP contribution in [0.5, 0.6) is 11.5 Å². The Balaban J connectivity index is 1.28. The Hall–Kier alpha value is -4.30. The third kappa shape index (κ3) is 3.77. The number of nitrogens with zero attached hydrogens (tertiary/aromatic N) is 1. The zero-order valence-corrected chi connectivity index (χ0v) is 22.6. The zero-order chi connectivity index (χ0) is 28.5. The Labute approximate surface area is 244 Å². The molecule has 4 aromatic carbocycles. The van der Waals surface area contributed by atoms with E-state index in [1.54, 1.807) is 84.9 Å². The summed E-state index contributed by atoms with van der Waals surface area (Å²) >= 11 is 12.0. The van der Waals surface area contributed by atoms with Crippen molar-refractivity contribution in [1.29, 1.82) is 0 Å². The number of ketones is 2. The molecule has 3 aliphatic rings. The Morgan fingerprint density at radius 3 is 1.73 bits per heavy atom. The van der Waals surface area contributed by atoms with Crippen LogP contribution in [0.4, 0.5) is 5.69 Å². The fourth-order valence-electron chi connectivity index (χ4n) is 6.03. The minimum Gasteiger partial charge on any atom is -0.457 e. The Morgan fingerprint density at radius 1 is 0.659 bits per heavy atom. The van der Waals surface area contributed by atoms with Gasteiger partial charge in [0.1, 0.15) is 11.5 Å². The molecule has 3 atom stereocenters. The molecule has 7 rings (SSSR count). The molecule has 0 radical (unpaired) electrons. The minimum absolute atomic E-state index is 0.176. The van der Waals surface area contributed by atoms with Gasteiger partial charge in [0.2, 0.25) is 29.0 Å². The average molecular weight is 584 g/mol. The van der Waals surface area contributed by atoms with Gasteiger partial charge in [-0.05, 0) is 66.2 Å². The molecule has 0 bridgehead atoms. The predicted octanol–water partition coefficient (Wildman–Crippen LogP) is 6.48. The Bertz CT molecular complexity index is 1720. The average Bonchev–Trinajstić information content (AvgIpc) is 3.55. The summed E-state index contributed by atoms with van der Waals surface area (Å²) in [6.07, 6.45) is -1.02. The second kappa shape index (κ2) is 9.38. The molecule has 41 heavy (non-hydrogen) atoms. The Kier molecular flexibility index (Phi) is 5.87. The van der Waals surface area contributed by atoms with Gasteiger partial charge in [0.15, 0.2) is 0 Å². The van der Waals surface area contributed by atoms with E-state index in [2.05, 4.69) is 0 Å². The SMILES string of the molecule is O=C1[C@@H]2[C@@H](c3ccc(Cl)cc3)OC3(C(=O)c4ccccc4C3=O)[C@H]2C(=O)N1c1ccc(Oc2ccc(Cl)cc2)cc1. The molecular weight excluding hydrogens is 565 g/mol. The van der Waals surface area contributed by atoms with E-state index in [1.165, 1.54) is 12.1 Å². The van der Waals surface area contributed by atoms with Gasteiger partial charge in [-0.2, -0.15) is 0 Å². The third-order valence-corrected chi connectivity index (χ3v) is 8.37. The number of rotatable bonds is 4. The van der Waals surface area contributed by atoms with Crippen molar-refractivity contribution in [2.45, 2.75) is 11.7 Å². The highest BCUT2D eigenvalue weighted by molar-refractivity contribution is 6.37. The van der Waals surface area contributed by atoms with Crippen molar-refractivity contribution in [1.82, 2.24) is 0 Å². The smallest absolute Gasteiger partial charge is 0.241 e. The molecule has 2 heterocycles. The summed E-state index contributed by atoms with van der Waals surface area (Å²) in [5.41, 5.74) is -0.964. The van der Waals surface area contributed by atoms with E-state index in [0.717, 1.165) is 4.90 Å². The molecular formula is C32H19Cl2NO6. The van der Waals surface area contributed by atoms with Gasteiger partial charge in [-0.25, -0.2) is 4.90 Å². The van der Waals surface area contributed by atoms with Crippen LogP contribution in [0.3, 0.4) is 0 Å². The predicted molar refractivity (Wildman–Crippen MR) is 151 cm³/mol. The van der Waals surface area contributed by atoms with Crippen LogP contribution in [0.1, 0.15) is 32.4 Å². The summed E-state index contributed by atoms with van der Waals surface area (Å²) in [6, 6.07) is 26.2. The topological polar surface area (TPSA) is 90.0 Å². The van der Waals surface area contributed by atoms with Crippen LogP contribution >= 0.6 is 23.2 Å². The van der Waals surface area contributed by atoms with Gasteiger partial charge in [0.05, 0.1) is 23.6 Å². The first kappa shape index (κ1) is 25.7. The monoisotopic (exact) mass is 583 g/mol. The highest BCUT2D eigenvalue weighted by Gasteiger charge is 2.74. The quantitative estimate of drug-likeness (QED) is 0.202. The van der Waals surface area contributed by atoms with Crippen LogP contribution in [-0.2, 0) is 14.3 Å². The maximum absolute atomic E-state index is 14.1. The normalized spacial score (nSPS) is 22.4. The van der Waals surface area contributed by atoms with Gasteiger partial charge >= 0.3 is 0 Å². The lowest BCUT2D eigenvalue weighted by molar-refractivity contribution is -0.127. The minimum atomic E-state index is -2.14. The van der Waals surface area contributed by atoms with E-state index in [0.29, 0.717) is 32.8 Å². The number of amides is 2. The zero-order valence-electron chi connectivity index (χ0n) is 21.1. The van der Waals surface area contributed by atoms with E-state index in [9.17, 15) is 19.2 Å².